The summed E-state index contributed by atoms with van der Waals surface area (Å²) >= 11 is 12.4. The van der Waals surface area contributed by atoms with Crippen molar-refractivity contribution in [2.75, 3.05) is 0 Å². The first kappa shape index (κ1) is 25.0. The summed E-state index contributed by atoms with van der Waals surface area (Å²) in [6, 6.07) is 11.4. The molecule has 1 unspecified atom stereocenters. The van der Waals surface area contributed by atoms with E-state index in [1.165, 1.54) is 12.1 Å². The fourth-order valence-electron chi connectivity index (χ4n) is 3.30. The van der Waals surface area contributed by atoms with Gasteiger partial charge in [0.25, 0.3) is 0 Å². The number of hydrogen-bond donors (Lipinski definition) is 1. The molecule has 33 heavy (non-hydrogen) atoms. The highest BCUT2D eigenvalue weighted by Gasteiger charge is 2.30. The lowest BCUT2D eigenvalue weighted by Gasteiger charge is -2.17. The van der Waals surface area contributed by atoms with Gasteiger partial charge >= 0.3 is 12.1 Å². The van der Waals surface area contributed by atoms with Gasteiger partial charge in [-0.15, -0.1) is 0 Å². The fraction of sp³-hybridized carbons (Fsp3) is 0.250. The second-order valence-corrected chi connectivity index (χ2v) is 8.22. The molecule has 1 aromatic heterocycles. The molecular formula is C24H20Cl2F3NO3. The van der Waals surface area contributed by atoms with Crippen molar-refractivity contribution >= 4 is 29.2 Å². The Morgan fingerprint density at radius 3 is 2.30 bits per heavy atom. The van der Waals surface area contributed by atoms with E-state index in [1.54, 1.807) is 38.1 Å². The fourth-order valence-corrected chi connectivity index (χ4v) is 3.81. The van der Waals surface area contributed by atoms with Gasteiger partial charge in [0.15, 0.2) is 6.10 Å². The van der Waals surface area contributed by atoms with E-state index in [9.17, 15) is 23.1 Å². The van der Waals surface area contributed by atoms with Gasteiger partial charge in [0.05, 0.1) is 17.9 Å². The summed E-state index contributed by atoms with van der Waals surface area (Å²) in [5.41, 5.74) is 2.46. The molecule has 1 heterocycles. The number of aryl methyl sites for hydroxylation is 1. The van der Waals surface area contributed by atoms with Gasteiger partial charge < -0.3 is 9.84 Å². The highest BCUT2D eigenvalue weighted by atomic mass is 35.5. The van der Waals surface area contributed by atoms with E-state index in [0.29, 0.717) is 50.1 Å². The van der Waals surface area contributed by atoms with Crippen molar-refractivity contribution in [1.82, 2.24) is 4.98 Å². The molecule has 0 fully saturated rings. The topological polar surface area (TPSA) is 59.4 Å². The Morgan fingerprint density at radius 2 is 1.76 bits per heavy atom. The summed E-state index contributed by atoms with van der Waals surface area (Å²) in [6.45, 7) is 3.42. The van der Waals surface area contributed by atoms with Crippen LogP contribution in [-0.4, -0.2) is 22.2 Å². The zero-order valence-corrected chi connectivity index (χ0v) is 19.2. The van der Waals surface area contributed by atoms with Crippen molar-refractivity contribution in [3.05, 3.63) is 75.4 Å². The van der Waals surface area contributed by atoms with E-state index >= 15 is 0 Å². The molecule has 0 aliphatic rings. The van der Waals surface area contributed by atoms with E-state index in [1.807, 2.05) is 0 Å². The van der Waals surface area contributed by atoms with E-state index in [0.717, 1.165) is 12.1 Å². The average molecular weight is 498 g/mol. The molecule has 3 aromatic rings. The number of alkyl halides is 3. The highest BCUT2D eigenvalue weighted by Crippen LogP contribution is 2.38. The first-order chi connectivity index (χ1) is 15.5. The third kappa shape index (κ3) is 5.85. The van der Waals surface area contributed by atoms with Crippen molar-refractivity contribution in [2.45, 2.75) is 39.2 Å². The second kappa shape index (κ2) is 10.1. The van der Waals surface area contributed by atoms with Gasteiger partial charge in [-0.1, -0.05) is 48.3 Å². The van der Waals surface area contributed by atoms with Crippen molar-refractivity contribution in [2.24, 2.45) is 0 Å². The normalized spacial score (nSPS) is 12.6. The Labute approximate surface area is 198 Å². The number of carbonyl (C=O) groups is 1. The Bertz CT molecular complexity index is 1160. The first-order valence-electron chi connectivity index (χ1n) is 9.99. The third-order valence-electron chi connectivity index (χ3n) is 5.11. The zero-order valence-electron chi connectivity index (χ0n) is 17.7. The number of carboxylic acid groups (broad SMARTS) is 1. The minimum absolute atomic E-state index is 0.00482. The minimum Gasteiger partial charge on any atom is -0.479 e. The largest absolute Gasteiger partial charge is 0.479 e. The van der Waals surface area contributed by atoms with Gasteiger partial charge in [-0.25, -0.2) is 4.79 Å². The minimum atomic E-state index is -4.45. The van der Waals surface area contributed by atoms with Gasteiger partial charge in [0.2, 0.25) is 0 Å². The second-order valence-electron chi connectivity index (χ2n) is 7.37. The standard InChI is InChI=1S/C24H20Cl2F3NO3/c1-3-21(23(31)32)33-12-15-10-19(18-9-8-17(25)11-20(18)26)22(30-13(15)2)14-4-6-16(7-5-14)24(27,28)29/h4-11,21H,3,12H2,1-2H3,(H,31,32). The number of ether oxygens (including phenoxy) is 1. The Hall–Kier alpha value is -2.61. The molecule has 0 aliphatic heterocycles. The molecular weight excluding hydrogens is 478 g/mol. The molecule has 9 heteroatoms. The lowest BCUT2D eigenvalue weighted by Crippen LogP contribution is -2.22. The number of rotatable bonds is 7. The van der Waals surface area contributed by atoms with Gasteiger partial charge in [-0.05, 0) is 49.2 Å². The van der Waals surface area contributed by atoms with Crippen LogP contribution in [0.2, 0.25) is 10.0 Å². The number of hydrogen-bond acceptors (Lipinski definition) is 3. The van der Waals surface area contributed by atoms with Crippen molar-refractivity contribution < 1.29 is 27.8 Å². The van der Waals surface area contributed by atoms with Crippen LogP contribution in [0.3, 0.4) is 0 Å². The predicted octanol–water partition coefficient (Wildman–Crippen LogP) is 7.43. The molecule has 0 saturated carbocycles. The number of aromatic nitrogens is 1. The number of nitrogens with zero attached hydrogens (tertiary/aromatic N) is 1. The molecule has 0 saturated heterocycles. The van der Waals surface area contributed by atoms with E-state index in [4.69, 9.17) is 27.9 Å². The molecule has 0 bridgehead atoms. The number of benzene rings is 2. The molecule has 0 radical (unpaired) electrons. The van der Waals surface area contributed by atoms with Crippen LogP contribution in [0.25, 0.3) is 22.4 Å². The van der Waals surface area contributed by atoms with Gasteiger partial charge in [0, 0.05) is 32.4 Å². The summed E-state index contributed by atoms with van der Waals surface area (Å²) in [7, 11) is 0. The molecule has 0 aliphatic carbocycles. The predicted molar refractivity (Wildman–Crippen MR) is 121 cm³/mol. The molecule has 3 rings (SSSR count). The van der Waals surface area contributed by atoms with Crippen LogP contribution in [0.15, 0.2) is 48.5 Å². The summed E-state index contributed by atoms with van der Waals surface area (Å²) in [4.78, 5) is 15.9. The van der Waals surface area contributed by atoms with Crippen LogP contribution >= 0.6 is 23.2 Å². The molecule has 1 atom stereocenters. The lowest BCUT2D eigenvalue weighted by atomic mass is 9.96. The summed E-state index contributed by atoms with van der Waals surface area (Å²) < 4.78 is 44.6. The summed E-state index contributed by atoms with van der Waals surface area (Å²) in [5, 5.41) is 10.0. The molecule has 0 spiro atoms. The molecule has 174 valence electrons. The maximum atomic E-state index is 13.0. The summed E-state index contributed by atoms with van der Waals surface area (Å²) in [6.07, 6.45) is -5.13. The first-order valence-corrected chi connectivity index (χ1v) is 10.7. The van der Waals surface area contributed by atoms with Gasteiger partial charge in [-0.2, -0.15) is 13.2 Å². The Kier molecular flexibility index (Phi) is 7.67. The van der Waals surface area contributed by atoms with Crippen molar-refractivity contribution in [3.63, 3.8) is 0 Å². The summed E-state index contributed by atoms with van der Waals surface area (Å²) in [5.74, 6) is -1.06. The molecule has 4 nitrogen and oxygen atoms in total. The maximum Gasteiger partial charge on any atom is 0.416 e. The van der Waals surface area contributed by atoms with Crippen molar-refractivity contribution in [3.8, 4) is 22.4 Å². The van der Waals surface area contributed by atoms with E-state index < -0.39 is 23.8 Å². The number of aliphatic carboxylic acids is 1. The number of pyridine rings is 1. The smallest absolute Gasteiger partial charge is 0.416 e. The molecule has 2 aromatic carbocycles. The van der Waals surface area contributed by atoms with Crippen LogP contribution in [0.4, 0.5) is 13.2 Å². The zero-order chi connectivity index (χ0) is 24.3. The van der Waals surface area contributed by atoms with Crippen LogP contribution in [-0.2, 0) is 22.3 Å². The maximum absolute atomic E-state index is 13.0. The Balaban J connectivity index is 2.12. The molecule has 1 N–H and O–H groups in total. The van der Waals surface area contributed by atoms with E-state index in [2.05, 4.69) is 4.98 Å². The number of halogens is 5. The quantitative estimate of drug-likeness (QED) is 0.368. The van der Waals surface area contributed by atoms with E-state index in [-0.39, 0.29) is 6.61 Å². The van der Waals surface area contributed by atoms with Crippen molar-refractivity contribution in [1.29, 1.82) is 0 Å². The highest BCUT2D eigenvalue weighted by molar-refractivity contribution is 6.36. The monoisotopic (exact) mass is 497 g/mol. The SMILES string of the molecule is CCC(OCc1cc(-c2ccc(Cl)cc2Cl)c(-c2ccc(C(F)(F)F)cc2)nc1C)C(=O)O. The third-order valence-corrected chi connectivity index (χ3v) is 5.66. The lowest BCUT2D eigenvalue weighted by molar-refractivity contribution is -0.151. The average Bonchev–Trinajstić information content (AvgIpc) is 2.74. The van der Waals surface area contributed by atoms with Gasteiger partial charge in [-0.3, -0.25) is 4.98 Å². The van der Waals surface area contributed by atoms with Crippen LogP contribution in [0, 0.1) is 6.92 Å². The van der Waals surface area contributed by atoms with Crippen LogP contribution < -0.4 is 0 Å². The van der Waals surface area contributed by atoms with Gasteiger partial charge in [0.1, 0.15) is 0 Å². The number of carboxylic acids is 1. The Morgan fingerprint density at radius 1 is 1.09 bits per heavy atom. The van der Waals surface area contributed by atoms with Crippen LogP contribution in [0.1, 0.15) is 30.2 Å². The molecule has 0 amide bonds. The van der Waals surface area contributed by atoms with Crippen LogP contribution in [0.5, 0.6) is 0 Å².